The van der Waals surface area contributed by atoms with Gasteiger partial charge < -0.3 is 19.8 Å². The zero-order valence-corrected chi connectivity index (χ0v) is 18.6. The molecule has 6 heteroatoms. The molecule has 1 heterocycles. The predicted octanol–water partition coefficient (Wildman–Crippen LogP) is 3.28. The fourth-order valence-electron chi connectivity index (χ4n) is 4.08. The maximum absolute atomic E-state index is 12.9. The van der Waals surface area contributed by atoms with E-state index in [-0.39, 0.29) is 18.6 Å². The second-order valence-corrected chi connectivity index (χ2v) is 9.26. The Hall–Kier alpha value is -2.41. The Labute approximate surface area is 185 Å². The molecule has 31 heavy (non-hydrogen) atoms. The molecule has 2 N–H and O–H groups in total. The van der Waals surface area contributed by atoms with Crippen LogP contribution in [0.4, 0.5) is 4.79 Å². The molecule has 3 atom stereocenters. The van der Waals surface area contributed by atoms with Crippen LogP contribution in [0.2, 0.25) is 0 Å². The molecule has 1 fully saturated rings. The van der Waals surface area contributed by atoms with Gasteiger partial charge >= 0.3 is 6.09 Å². The quantitative estimate of drug-likeness (QED) is 0.711. The smallest absolute Gasteiger partial charge is 0.410 e. The highest BCUT2D eigenvalue weighted by atomic mass is 16.6. The molecule has 6 nitrogen and oxygen atoms in total. The summed E-state index contributed by atoms with van der Waals surface area (Å²) in [4.78, 5) is 16.7. The summed E-state index contributed by atoms with van der Waals surface area (Å²) in [5.74, 6) is -0.183. The zero-order chi connectivity index (χ0) is 22.4. The van der Waals surface area contributed by atoms with Gasteiger partial charge in [-0.3, -0.25) is 4.90 Å². The van der Waals surface area contributed by atoms with Crippen molar-refractivity contribution in [3.63, 3.8) is 0 Å². The Kier molecular flexibility index (Phi) is 7.70. The second-order valence-electron chi connectivity index (χ2n) is 9.26. The van der Waals surface area contributed by atoms with Crippen molar-refractivity contribution < 1.29 is 19.7 Å². The van der Waals surface area contributed by atoms with Crippen LogP contribution < -0.4 is 0 Å². The number of carbonyl (C=O) groups excluding carboxylic acids is 1. The van der Waals surface area contributed by atoms with Crippen LogP contribution in [0, 0.1) is 5.92 Å². The second kappa shape index (κ2) is 10.3. The third-order valence-electron chi connectivity index (χ3n) is 5.55. The normalized spacial score (nSPS) is 21.8. The summed E-state index contributed by atoms with van der Waals surface area (Å²) in [6.45, 7) is 7.40. The standard InChI is InChI=1S/C25H34N2O4/c1-25(2,3)31-24(30)27(15-20-12-8-5-9-13-20)17-21-16-26(22(18-28)23(21)29)14-19-10-6-4-7-11-19/h4-13,21-23,28-29H,14-18H2,1-3H3/t21-,22-,23+/m1/s1. The van der Waals surface area contributed by atoms with Crippen molar-refractivity contribution in [2.75, 3.05) is 19.7 Å². The Bertz CT molecular complexity index is 822. The summed E-state index contributed by atoms with van der Waals surface area (Å²) in [5, 5.41) is 20.9. The first kappa shape index (κ1) is 23.3. The van der Waals surface area contributed by atoms with Crippen molar-refractivity contribution in [3.8, 4) is 0 Å². The predicted molar refractivity (Wildman–Crippen MR) is 120 cm³/mol. The molecule has 2 aromatic carbocycles. The van der Waals surface area contributed by atoms with Crippen LogP contribution in [-0.4, -0.2) is 63.5 Å². The van der Waals surface area contributed by atoms with E-state index in [1.807, 2.05) is 81.4 Å². The fourth-order valence-corrected chi connectivity index (χ4v) is 4.08. The highest BCUT2D eigenvalue weighted by Crippen LogP contribution is 2.27. The van der Waals surface area contributed by atoms with E-state index in [9.17, 15) is 15.0 Å². The number of aliphatic hydroxyl groups is 2. The SMILES string of the molecule is CC(C)(C)OC(=O)N(Cc1ccccc1)C[C@H]1CN(Cc2ccccc2)[C@H](CO)[C@H]1O. The van der Waals surface area contributed by atoms with Gasteiger partial charge in [-0.25, -0.2) is 4.79 Å². The number of ether oxygens (including phenoxy) is 1. The van der Waals surface area contributed by atoms with E-state index in [1.54, 1.807) is 4.90 Å². The first-order valence-electron chi connectivity index (χ1n) is 10.9. The molecule has 0 aliphatic carbocycles. The number of nitrogens with zero attached hydrogens (tertiary/aromatic N) is 2. The maximum Gasteiger partial charge on any atom is 0.410 e. The van der Waals surface area contributed by atoms with Gasteiger partial charge in [0, 0.05) is 32.1 Å². The van der Waals surface area contributed by atoms with Gasteiger partial charge in [-0.2, -0.15) is 0 Å². The van der Waals surface area contributed by atoms with E-state index in [4.69, 9.17) is 4.74 Å². The number of benzene rings is 2. The highest BCUT2D eigenvalue weighted by molar-refractivity contribution is 5.68. The van der Waals surface area contributed by atoms with E-state index in [0.29, 0.717) is 26.2 Å². The first-order valence-corrected chi connectivity index (χ1v) is 10.9. The van der Waals surface area contributed by atoms with Gasteiger partial charge in [0.1, 0.15) is 5.60 Å². The third-order valence-corrected chi connectivity index (χ3v) is 5.55. The summed E-state index contributed by atoms with van der Waals surface area (Å²) in [5.41, 5.74) is 1.52. The Morgan fingerprint density at radius 2 is 1.65 bits per heavy atom. The molecule has 0 saturated carbocycles. The molecule has 3 rings (SSSR count). The van der Waals surface area contributed by atoms with Gasteiger partial charge in [-0.15, -0.1) is 0 Å². The number of likely N-dealkylation sites (tertiary alicyclic amines) is 1. The van der Waals surface area contributed by atoms with Gasteiger partial charge in [0.15, 0.2) is 0 Å². The summed E-state index contributed by atoms with van der Waals surface area (Å²) < 4.78 is 5.64. The van der Waals surface area contributed by atoms with Crippen LogP contribution in [0.3, 0.4) is 0 Å². The summed E-state index contributed by atoms with van der Waals surface area (Å²) >= 11 is 0. The lowest BCUT2D eigenvalue weighted by molar-refractivity contribution is 0.0129. The van der Waals surface area contributed by atoms with Crippen LogP contribution in [0.25, 0.3) is 0 Å². The van der Waals surface area contributed by atoms with Gasteiger partial charge in [-0.05, 0) is 31.9 Å². The van der Waals surface area contributed by atoms with Crippen molar-refractivity contribution >= 4 is 6.09 Å². The minimum Gasteiger partial charge on any atom is -0.444 e. The minimum absolute atomic E-state index is 0.129. The Morgan fingerprint density at radius 1 is 1.06 bits per heavy atom. The van der Waals surface area contributed by atoms with E-state index in [2.05, 4.69) is 4.90 Å². The van der Waals surface area contributed by atoms with Gasteiger partial charge in [0.05, 0.1) is 18.8 Å². The van der Waals surface area contributed by atoms with Crippen LogP contribution in [0.5, 0.6) is 0 Å². The number of hydrogen-bond acceptors (Lipinski definition) is 5. The van der Waals surface area contributed by atoms with E-state index in [0.717, 1.165) is 11.1 Å². The first-order chi connectivity index (χ1) is 14.8. The van der Waals surface area contributed by atoms with Crippen molar-refractivity contribution in [1.82, 2.24) is 9.80 Å². The maximum atomic E-state index is 12.9. The monoisotopic (exact) mass is 426 g/mol. The number of amides is 1. The fraction of sp³-hybridized carbons (Fsp3) is 0.480. The molecule has 0 unspecified atom stereocenters. The minimum atomic E-state index is -0.727. The van der Waals surface area contributed by atoms with Crippen molar-refractivity contribution in [2.45, 2.75) is 51.6 Å². The molecule has 1 saturated heterocycles. The molecule has 1 amide bonds. The number of rotatable bonds is 7. The highest BCUT2D eigenvalue weighted by Gasteiger charge is 2.41. The van der Waals surface area contributed by atoms with Gasteiger partial charge in [-0.1, -0.05) is 60.7 Å². The molecular weight excluding hydrogens is 392 g/mol. The summed E-state index contributed by atoms with van der Waals surface area (Å²) in [7, 11) is 0. The van der Waals surface area contributed by atoms with Crippen LogP contribution >= 0.6 is 0 Å². The van der Waals surface area contributed by atoms with Crippen LogP contribution in [-0.2, 0) is 17.8 Å². The number of carbonyl (C=O) groups is 1. The number of aliphatic hydroxyl groups excluding tert-OH is 2. The molecule has 168 valence electrons. The van der Waals surface area contributed by atoms with Crippen molar-refractivity contribution in [1.29, 1.82) is 0 Å². The number of hydrogen-bond donors (Lipinski definition) is 2. The molecule has 0 radical (unpaired) electrons. The van der Waals surface area contributed by atoms with Crippen LogP contribution in [0.1, 0.15) is 31.9 Å². The van der Waals surface area contributed by atoms with Gasteiger partial charge in [0.25, 0.3) is 0 Å². The zero-order valence-electron chi connectivity index (χ0n) is 18.6. The molecule has 0 bridgehead atoms. The van der Waals surface area contributed by atoms with Crippen LogP contribution in [0.15, 0.2) is 60.7 Å². The Morgan fingerprint density at radius 3 is 2.19 bits per heavy atom. The molecule has 0 aromatic heterocycles. The molecule has 0 spiro atoms. The lowest BCUT2D eigenvalue weighted by atomic mass is 10.0. The summed E-state index contributed by atoms with van der Waals surface area (Å²) in [6, 6.07) is 19.4. The molecule has 1 aliphatic rings. The Balaban J connectivity index is 1.74. The van der Waals surface area contributed by atoms with Gasteiger partial charge in [0.2, 0.25) is 0 Å². The summed E-state index contributed by atoms with van der Waals surface area (Å²) in [6.07, 6.45) is -1.12. The molecule has 2 aromatic rings. The average Bonchev–Trinajstić information content (AvgIpc) is 3.01. The van der Waals surface area contributed by atoms with E-state index < -0.39 is 17.8 Å². The molecule has 1 aliphatic heterocycles. The lowest BCUT2D eigenvalue weighted by Gasteiger charge is -2.30. The third kappa shape index (κ3) is 6.53. The van der Waals surface area contributed by atoms with E-state index in [1.165, 1.54) is 0 Å². The molecular formula is C25H34N2O4. The lowest BCUT2D eigenvalue weighted by Crippen LogP contribution is -2.42. The van der Waals surface area contributed by atoms with E-state index >= 15 is 0 Å². The van der Waals surface area contributed by atoms with Crippen molar-refractivity contribution in [3.05, 3.63) is 71.8 Å². The van der Waals surface area contributed by atoms with Crippen molar-refractivity contribution in [2.24, 2.45) is 5.92 Å². The largest absolute Gasteiger partial charge is 0.444 e. The average molecular weight is 427 g/mol. The topological polar surface area (TPSA) is 73.2 Å².